The SMILES string of the molecule is O=C1C2CC=C3C(CC4(Cl)C(=O)N(CBr)C(=O)C4(Cl)C3c3cccc(F)c3O)C2C(=O)N1c1ccc(N2CCOCC2)cc1. The highest BCUT2D eigenvalue weighted by atomic mass is 79.9. The number of hydrogen-bond donors (Lipinski definition) is 1. The molecule has 44 heavy (non-hydrogen) atoms. The van der Waals surface area contributed by atoms with Crippen LogP contribution in [0.5, 0.6) is 5.75 Å². The Morgan fingerprint density at radius 1 is 0.955 bits per heavy atom. The van der Waals surface area contributed by atoms with Crippen LogP contribution in [0.4, 0.5) is 15.8 Å². The maximum atomic E-state index is 14.7. The summed E-state index contributed by atoms with van der Waals surface area (Å²) in [6.07, 6.45) is 1.70. The van der Waals surface area contributed by atoms with Crippen LogP contribution >= 0.6 is 39.1 Å². The Kier molecular flexibility index (Phi) is 7.11. The van der Waals surface area contributed by atoms with Crippen LogP contribution in [0.25, 0.3) is 0 Å². The van der Waals surface area contributed by atoms with Crippen molar-refractivity contribution in [2.45, 2.75) is 28.5 Å². The van der Waals surface area contributed by atoms with Crippen LogP contribution in [0, 0.1) is 23.6 Å². The number of para-hydroxylation sites is 1. The van der Waals surface area contributed by atoms with Crippen LogP contribution in [0.2, 0.25) is 0 Å². The third kappa shape index (κ3) is 3.91. The highest BCUT2D eigenvalue weighted by Gasteiger charge is 2.76. The molecule has 2 aromatic carbocycles. The summed E-state index contributed by atoms with van der Waals surface area (Å²) in [5.41, 5.74) is 1.64. The maximum Gasteiger partial charge on any atom is 0.254 e. The molecule has 3 saturated heterocycles. The number of anilines is 2. The van der Waals surface area contributed by atoms with E-state index in [1.165, 1.54) is 17.0 Å². The van der Waals surface area contributed by atoms with Crippen molar-refractivity contribution in [2.24, 2.45) is 17.8 Å². The number of hydrogen-bond acceptors (Lipinski definition) is 7. The quantitative estimate of drug-likeness (QED) is 0.219. The summed E-state index contributed by atoms with van der Waals surface area (Å²) in [4.78, 5) is 55.6. The Morgan fingerprint density at radius 2 is 1.64 bits per heavy atom. The molecule has 0 radical (unpaired) electrons. The maximum absolute atomic E-state index is 14.7. The van der Waals surface area contributed by atoms with E-state index in [0.29, 0.717) is 24.5 Å². The number of phenolic OH excluding ortho intramolecular Hbond substituents is 1. The molecule has 2 aliphatic carbocycles. The Labute approximate surface area is 270 Å². The number of rotatable bonds is 4. The predicted octanol–water partition coefficient (Wildman–Crippen LogP) is 4.28. The van der Waals surface area contributed by atoms with Crippen LogP contribution in [0.15, 0.2) is 54.1 Å². The molecule has 4 amide bonds. The van der Waals surface area contributed by atoms with Crippen LogP contribution in [0.3, 0.4) is 0 Å². The zero-order valence-electron chi connectivity index (χ0n) is 23.2. The van der Waals surface area contributed by atoms with Crippen molar-refractivity contribution in [1.82, 2.24) is 4.90 Å². The molecule has 3 heterocycles. The molecule has 0 spiro atoms. The number of allylic oxidation sites excluding steroid dienone is 2. The van der Waals surface area contributed by atoms with Gasteiger partial charge in [-0.2, -0.15) is 0 Å². The van der Waals surface area contributed by atoms with Gasteiger partial charge in [0.1, 0.15) is 0 Å². The minimum absolute atomic E-state index is 0.0238. The first kappa shape index (κ1) is 29.7. The van der Waals surface area contributed by atoms with Crippen molar-refractivity contribution in [1.29, 1.82) is 0 Å². The van der Waals surface area contributed by atoms with E-state index in [9.17, 15) is 28.7 Å². The van der Waals surface area contributed by atoms with Gasteiger partial charge in [-0.3, -0.25) is 29.0 Å². The topological polar surface area (TPSA) is 107 Å². The lowest BCUT2D eigenvalue weighted by Gasteiger charge is -2.50. The molecule has 0 bridgehead atoms. The molecule has 6 unspecified atom stereocenters. The van der Waals surface area contributed by atoms with Gasteiger partial charge in [0.15, 0.2) is 21.3 Å². The summed E-state index contributed by atoms with van der Waals surface area (Å²) in [6.45, 7) is 2.71. The van der Waals surface area contributed by atoms with E-state index in [1.807, 2.05) is 12.1 Å². The van der Waals surface area contributed by atoms with Gasteiger partial charge in [-0.15, -0.1) is 23.2 Å². The molecule has 4 fully saturated rings. The fourth-order valence-electron chi connectivity index (χ4n) is 7.75. The first-order chi connectivity index (χ1) is 21.0. The monoisotopic (exact) mass is 705 g/mol. The lowest BCUT2D eigenvalue weighted by Crippen LogP contribution is -2.60. The number of amides is 4. The van der Waals surface area contributed by atoms with E-state index in [-0.39, 0.29) is 29.8 Å². The van der Waals surface area contributed by atoms with E-state index in [0.717, 1.165) is 29.7 Å². The highest BCUT2D eigenvalue weighted by Crippen LogP contribution is 2.66. The lowest BCUT2D eigenvalue weighted by molar-refractivity contribution is -0.138. The second-order valence-corrected chi connectivity index (χ2v) is 13.5. The largest absolute Gasteiger partial charge is 0.505 e. The van der Waals surface area contributed by atoms with Gasteiger partial charge in [0.05, 0.1) is 36.2 Å². The lowest BCUT2D eigenvalue weighted by atomic mass is 9.56. The number of benzene rings is 2. The minimum Gasteiger partial charge on any atom is -0.505 e. The number of likely N-dealkylation sites (tertiary alicyclic amines) is 1. The number of fused-ring (bicyclic) bond motifs is 4. The van der Waals surface area contributed by atoms with Gasteiger partial charge in [0.25, 0.3) is 11.8 Å². The molecule has 13 heteroatoms. The van der Waals surface area contributed by atoms with Crippen molar-refractivity contribution in [3.05, 3.63) is 65.5 Å². The Morgan fingerprint density at radius 3 is 2.32 bits per heavy atom. The summed E-state index contributed by atoms with van der Waals surface area (Å²) >= 11 is 17.5. The summed E-state index contributed by atoms with van der Waals surface area (Å²) in [7, 11) is 0. The van der Waals surface area contributed by atoms with Gasteiger partial charge in [-0.25, -0.2) is 4.39 Å². The van der Waals surface area contributed by atoms with Gasteiger partial charge in [0.2, 0.25) is 11.8 Å². The van der Waals surface area contributed by atoms with E-state index >= 15 is 0 Å². The fourth-order valence-corrected chi connectivity index (χ4v) is 9.17. The fraction of sp³-hybridized carbons (Fsp3) is 0.419. The van der Waals surface area contributed by atoms with Crippen molar-refractivity contribution < 1.29 is 33.4 Å². The summed E-state index contributed by atoms with van der Waals surface area (Å²) in [6, 6.07) is 11.1. The summed E-state index contributed by atoms with van der Waals surface area (Å²) in [5.74, 6) is -7.71. The Balaban J connectivity index is 1.30. The van der Waals surface area contributed by atoms with E-state index < -0.39 is 62.7 Å². The van der Waals surface area contributed by atoms with Gasteiger partial charge in [-0.1, -0.05) is 39.7 Å². The minimum atomic E-state index is -2.12. The second-order valence-electron chi connectivity index (χ2n) is 11.8. The first-order valence-corrected chi connectivity index (χ1v) is 16.2. The van der Waals surface area contributed by atoms with Crippen LogP contribution < -0.4 is 9.80 Å². The molecule has 1 N–H and O–H groups in total. The molecule has 6 atom stereocenters. The van der Waals surface area contributed by atoms with Crippen LogP contribution in [0.1, 0.15) is 24.3 Å². The predicted molar refractivity (Wildman–Crippen MR) is 163 cm³/mol. The van der Waals surface area contributed by atoms with E-state index in [4.69, 9.17) is 27.9 Å². The van der Waals surface area contributed by atoms with E-state index in [1.54, 1.807) is 18.2 Å². The zero-order chi connectivity index (χ0) is 31.1. The molecule has 230 valence electrons. The molecule has 2 aromatic rings. The number of imide groups is 2. The van der Waals surface area contributed by atoms with E-state index in [2.05, 4.69) is 20.8 Å². The van der Waals surface area contributed by atoms with Crippen molar-refractivity contribution in [3.63, 3.8) is 0 Å². The second kappa shape index (κ2) is 10.5. The average Bonchev–Trinajstić information content (AvgIpc) is 3.37. The summed E-state index contributed by atoms with van der Waals surface area (Å²) in [5, 5.41) is 10.9. The number of halogens is 4. The number of ether oxygens (including phenoxy) is 1. The average molecular weight is 707 g/mol. The zero-order valence-corrected chi connectivity index (χ0v) is 26.3. The number of morpholine rings is 1. The molecule has 7 rings (SSSR count). The van der Waals surface area contributed by atoms with Gasteiger partial charge in [0, 0.05) is 30.3 Å². The first-order valence-electron chi connectivity index (χ1n) is 14.3. The molecular formula is C31H27BrCl2FN3O6. The van der Waals surface area contributed by atoms with Gasteiger partial charge < -0.3 is 14.7 Å². The third-order valence-electron chi connectivity index (χ3n) is 9.83. The van der Waals surface area contributed by atoms with Crippen molar-refractivity contribution >= 4 is 74.1 Å². The Bertz CT molecular complexity index is 1630. The number of alkyl halides is 3. The van der Waals surface area contributed by atoms with Crippen molar-refractivity contribution in [2.75, 3.05) is 41.6 Å². The highest BCUT2D eigenvalue weighted by molar-refractivity contribution is 9.09. The number of nitrogens with zero attached hydrogens (tertiary/aromatic N) is 3. The third-order valence-corrected chi connectivity index (χ3v) is 11.7. The summed E-state index contributed by atoms with van der Waals surface area (Å²) < 4.78 is 20.1. The molecule has 9 nitrogen and oxygen atoms in total. The molecule has 1 saturated carbocycles. The van der Waals surface area contributed by atoms with Crippen molar-refractivity contribution in [3.8, 4) is 5.75 Å². The van der Waals surface area contributed by atoms with Crippen LogP contribution in [-0.2, 0) is 23.9 Å². The van der Waals surface area contributed by atoms with Gasteiger partial charge in [-0.05, 0) is 49.1 Å². The molecule has 0 aromatic heterocycles. The molecule has 3 aliphatic heterocycles. The van der Waals surface area contributed by atoms with Gasteiger partial charge >= 0.3 is 0 Å². The number of carbonyl (C=O) groups is 4. The van der Waals surface area contributed by atoms with Crippen LogP contribution in [-0.4, -0.2) is 75.1 Å². The normalized spacial score (nSPS) is 33.4. The Hall–Kier alpha value is -2.99. The standard InChI is InChI=1S/C31H27BrCl2FN3O6/c32-15-37-28(42)30(33)14-21-18(24(31(30,34)29(37)43)20-2-1-3-22(35)25(20)39)8-9-19-23(21)27(41)38(26(19)40)17-6-4-16(5-7-17)36-10-12-44-13-11-36/h1-8,19,21,23-24,39H,9-15H2. The molecular weight excluding hydrogens is 680 g/mol. The molecule has 5 aliphatic rings. The smallest absolute Gasteiger partial charge is 0.254 e. The number of aromatic hydroxyl groups is 1. The number of carbonyl (C=O) groups excluding carboxylic acids is 4. The number of phenols is 1.